The van der Waals surface area contributed by atoms with Crippen molar-refractivity contribution >= 4 is 22.6 Å². The van der Waals surface area contributed by atoms with E-state index >= 15 is 0 Å². The van der Waals surface area contributed by atoms with Crippen LogP contribution in [-0.2, 0) is 0 Å². The quantitative estimate of drug-likeness (QED) is 0.461. The van der Waals surface area contributed by atoms with Gasteiger partial charge in [-0.3, -0.25) is 0 Å². The molecule has 0 aromatic carbocycles. The van der Waals surface area contributed by atoms with Crippen molar-refractivity contribution in [2.24, 2.45) is 0 Å². The normalized spacial score (nSPS) is 39.0. The summed E-state index contributed by atoms with van der Waals surface area (Å²) >= 11 is 2.56. The Morgan fingerprint density at radius 1 is 1.56 bits per heavy atom. The van der Waals surface area contributed by atoms with Crippen LogP contribution in [0, 0.1) is 0 Å². The maximum atomic E-state index is 2.56. The van der Waals surface area contributed by atoms with Crippen molar-refractivity contribution in [3.8, 4) is 0 Å². The lowest BCUT2D eigenvalue weighted by Crippen LogP contribution is -2.39. The molecule has 0 aliphatic carbocycles. The van der Waals surface area contributed by atoms with Crippen LogP contribution >= 0.6 is 22.6 Å². The van der Waals surface area contributed by atoms with Crippen LogP contribution in [0.5, 0.6) is 0 Å². The van der Waals surface area contributed by atoms with Crippen LogP contribution < -0.4 is 0 Å². The summed E-state index contributed by atoms with van der Waals surface area (Å²) in [6.07, 6.45) is 2.76. The fourth-order valence-electron chi connectivity index (χ4n) is 1.44. The van der Waals surface area contributed by atoms with E-state index in [1.165, 1.54) is 25.9 Å². The molecule has 0 aromatic rings. The summed E-state index contributed by atoms with van der Waals surface area (Å²) in [6, 6.07) is 0. The van der Waals surface area contributed by atoms with Crippen LogP contribution in [-0.4, -0.2) is 28.5 Å². The average molecular weight is 239 g/mol. The van der Waals surface area contributed by atoms with E-state index < -0.39 is 0 Å². The number of piperidine rings is 1. The van der Waals surface area contributed by atoms with E-state index in [1.54, 1.807) is 0 Å². The Labute approximate surface area is 70.9 Å². The molecular formula is C7H14IN. The number of halogens is 1. The zero-order valence-electron chi connectivity index (χ0n) is 6.15. The van der Waals surface area contributed by atoms with Crippen LogP contribution in [0.2, 0.25) is 0 Å². The smallest absolute Gasteiger partial charge is 0.0321 e. The zero-order valence-corrected chi connectivity index (χ0v) is 8.31. The average Bonchev–Trinajstić information content (AvgIpc) is 1.60. The van der Waals surface area contributed by atoms with Crippen molar-refractivity contribution in [1.82, 2.24) is 4.90 Å². The molecule has 1 fully saturated rings. The highest BCUT2D eigenvalue weighted by atomic mass is 127. The Hall–Kier alpha value is 0.690. The molecule has 1 rings (SSSR count). The lowest BCUT2D eigenvalue weighted by atomic mass is 10.0. The Morgan fingerprint density at radius 3 is 2.56 bits per heavy atom. The van der Waals surface area contributed by atoms with Gasteiger partial charge in [-0.25, -0.2) is 0 Å². The Morgan fingerprint density at radius 2 is 2.22 bits per heavy atom. The third-order valence-electron chi connectivity index (χ3n) is 1.84. The van der Waals surface area contributed by atoms with Crippen molar-refractivity contribution in [2.45, 2.75) is 23.2 Å². The molecule has 0 saturated carbocycles. The van der Waals surface area contributed by atoms with Crippen LogP contribution in [0.3, 0.4) is 0 Å². The van der Waals surface area contributed by atoms with E-state index in [2.05, 4.69) is 41.5 Å². The van der Waals surface area contributed by atoms with Crippen LogP contribution in [0.25, 0.3) is 0 Å². The van der Waals surface area contributed by atoms with Gasteiger partial charge in [-0.1, -0.05) is 22.6 Å². The number of rotatable bonds is 0. The summed E-state index contributed by atoms with van der Waals surface area (Å²) in [5, 5.41) is 0. The van der Waals surface area contributed by atoms with Crippen molar-refractivity contribution in [2.75, 3.05) is 20.1 Å². The summed E-state index contributed by atoms with van der Waals surface area (Å²) in [7, 11) is 2.20. The van der Waals surface area contributed by atoms with Crippen LogP contribution in [0.1, 0.15) is 19.8 Å². The molecule has 1 aliphatic heterocycles. The monoisotopic (exact) mass is 239 g/mol. The van der Waals surface area contributed by atoms with Crippen LogP contribution in [0.15, 0.2) is 0 Å². The van der Waals surface area contributed by atoms with Gasteiger partial charge < -0.3 is 4.90 Å². The first-order chi connectivity index (χ1) is 4.10. The highest BCUT2D eigenvalue weighted by molar-refractivity contribution is 14.1. The number of nitrogens with zero attached hydrogens (tertiary/aromatic N) is 1. The van der Waals surface area contributed by atoms with E-state index in [1.807, 2.05) is 0 Å². The van der Waals surface area contributed by atoms with Gasteiger partial charge in [-0.05, 0) is 33.4 Å². The topological polar surface area (TPSA) is 3.24 Å². The van der Waals surface area contributed by atoms with Gasteiger partial charge in [-0.2, -0.15) is 0 Å². The van der Waals surface area contributed by atoms with Crippen LogP contribution in [0.4, 0.5) is 0 Å². The van der Waals surface area contributed by atoms with Crippen molar-refractivity contribution < 1.29 is 0 Å². The van der Waals surface area contributed by atoms with Gasteiger partial charge in [0.1, 0.15) is 0 Å². The largest absolute Gasteiger partial charge is 0.305 e. The van der Waals surface area contributed by atoms with Gasteiger partial charge in [0.2, 0.25) is 0 Å². The lowest BCUT2D eigenvalue weighted by Gasteiger charge is -2.34. The fourth-order valence-corrected chi connectivity index (χ4v) is 2.40. The van der Waals surface area contributed by atoms with E-state index in [4.69, 9.17) is 0 Å². The molecule has 0 radical (unpaired) electrons. The number of hydrogen-bond donors (Lipinski definition) is 0. The second kappa shape index (κ2) is 2.74. The summed E-state index contributed by atoms with van der Waals surface area (Å²) in [5.74, 6) is 0. The first kappa shape index (κ1) is 7.79. The molecule has 0 spiro atoms. The Bertz CT molecular complexity index is 101. The molecule has 0 N–H and O–H groups in total. The Kier molecular flexibility index (Phi) is 2.37. The number of hydrogen-bond acceptors (Lipinski definition) is 1. The molecule has 1 nitrogen and oxygen atoms in total. The predicted molar refractivity (Wildman–Crippen MR) is 49.2 cm³/mol. The summed E-state index contributed by atoms with van der Waals surface area (Å²) < 4.78 is 0.546. The number of alkyl halides is 1. The molecule has 54 valence electrons. The predicted octanol–water partition coefficient (Wildman–Crippen LogP) is 1.91. The summed E-state index contributed by atoms with van der Waals surface area (Å²) in [5.41, 5.74) is 0. The minimum absolute atomic E-state index is 0.546. The number of likely N-dealkylation sites (tertiary alicyclic amines) is 1. The Balaban J connectivity index is 2.41. The molecule has 0 amide bonds. The van der Waals surface area contributed by atoms with E-state index in [0.717, 1.165) is 0 Å². The van der Waals surface area contributed by atoms with E-state index in [-0.39, 0.29) is 0 Å². The summed E-state index contributed by atoms with van der Waals surface area (Å²) in [4.78, 5) is 2.41. The standard InChI is InChI=1S/C7H14IN/c1-7(8)4-3-5-9(2)6-7/h3-6H2,1-2H3. The van der Waals surface area contributed by atoms with E-state index in [9.17, 15) is 0 Å². The van der Waals surface area contributed by atoms with Crippen molar-refractivity contribution in [3.05, 3.63) is 0 Å². The third-order valence-corrected chi connectivity index (χ3v) is 2.72. The van der Waals surface area contributed by atoms with Gasteiger partial charge in [0.15, 0.2) is 0 Å². The minimum atomic E-state index is 0.546. The molecule has 0 aromatic heterocycles. The fraction of sp³-hybridized carbons (Fsp3) is 1.00. The maximum Gasteiger partial charge on any atom is 0.0321 e. The highest BCUT2D eigenvalue weighted by Crippen LogP contribution is 2.28. The highest BCUT2D eigenvalue weighted by Gasteiger charge is 2.25. The molecule has 1 saturated heterocycles. The van der Waals surface area contributed by atoms with Gasteiger partial charge >= 0.3 is 0 Å². The zero-order chi connectivity index (χ0) is 6.91. The summed E-state index contributed by atoms with van der Waals surface area (Å²) in [6.45, 7) is 4.88. The van der Waals surface area contributed by atoms with E-state index in [0.29, 0.717) is 3.42 Å². The SMILES string of the molecule is CN1CCCC(C)(I)C1. The second-order valence-electron chi connectivity index (χ2n) is 3.25. The maximum absolute atomic E-state index is 2.56. The molecule has 2 heteroatoms. The molecular weight excluding hydrogens is 225 g/mol. The molecule has 1 aliphatic rings. The van der Waals surface area contributed by atoms with Gasteiger partial charge in [0.25, 0.3) is 0 Å². The van der Waals surface area contributed by atoms with Crippen molar-refractivity contribution in [3.63, 3.8) is 0 Å². The lowest BCUT2D eigenvalue weighted by molar-refractivity contribution is 0.250. The second-order valence-corrected chi connectivity index (χ2v) is 5.86. The van der Waals surface area contributed by atoms with Crippen molar-refractivity contribution in [1.29, 1.82) is 0 Å². The molecule has 1 unspecified atom stereocenters. The minimum Gasteiger partial charge on any atom is -0.305 e. The molecule has 0 bridgehead atoms. The first-order valence-corrected chi connectivity index (χ1v) is 4.55. The van der Waals surface area contributed by atoms with Gasteiger partial charge in [-0.15, -0.1) is 0 Å². The molecule has 9 heavy (non-hydrogen) atoms. The molecule has 1 heterocycles. The first-order valence-electron chi connectivity index (χ1n) is 3.48. The van der Waals surface area contributed by atoms with Gasteiger partial charge in [0.05, 0.1) is 0 Å². The third kappa shape index (κ3) is 2.42. The van der Waals surface area contributed by atoms with Gasteiger partial charge in [0, 0.05) is 9.97 Å². The molecule has 1 atom stereocenters.